The Hall–Kier alpha value is -6.04. The second-order valence-electron chi connectivity index (χ2n) is 11.1. The summed E-state index contributed by atoms with van der Waals surface area (Å²) in [5, 5.41) is 24.3. The molecule has 0 unspecified atom stereocenters. The Bertz CT molecular complexity index is 1860. The maximum atomic E-state index is 14.4. The molecule has 1 aliphatic heterocycles. The Labute approximate surface area is 254 Å². The van der Waals surface area contributed by atoms with Gasteiger partial charge in [-0.05, 0) is 40.5 Å². The van der Waals surface area contributed by atoms with E-state index in [9.17, 15) is 39.4 Å². The fourth-order valence-corrected chi connectivity index (χ4v) is 7.08. The summed E-state index contributed by atoms with van der Waals surface area (Å²) in [6.45, 7) is -0.825. The summed E-state index contributed by atoms with van der Waals surface area (Å²) < 4.78 is 0. The van der Waals surface area contributed by atoms with Gasteiger partial charge in [0.2, 0.25) is 0 Å². The normalized spacial score (nSPS) is 20.7. The zero-order valence-electron chi connectivity index (χ0n) is 23.3. The number of ketones is 1. The summed E-state index contributed by atoms with van der Waals surface area (Å²) in [4.78, 5) is 78.0. The Balaban J connectivity index is 1.33. The second kappa shape index (κ2) is 10.3. The molecule has 1 fully saturated rings. The van der Waals surface area contributed by atoms with Crippen LogP contribution in [0.1, 0.15) is 54.8 Å². The van der Waals surface area contributed by atoms with Gasteiger partial charge >= 0.3 is 0 Å². The van der Waals surface area contributed by atoms with Crippen LogP contribution < -0.4 is 0 Å². The summed E-state index contributed by atoms with van der Waals surface area (Å²) in [5.74, 6) is -5.91. The summed E-state index contributed by atoms with van der Waals surface area (Å²) in [6.07, 6.45) is 0. The molecule has 8 rings (SSSR count). The van der Waals surface area contributed by atoms with Gasteiger partial charge in [-0.2, -0.15) is 5.01 Å². The minimum atomic E-state index is -1.08. The molecule has 2 bridgehead atoms. The fraction of sp³-hybridized carbons (Fsp3) is 0.152. The highest BCUT2D eigenvalue weighted by Gasteiger charge is 2.63. The van der Waals surface area contributed by atoms with Gasteiger partial charge in [0.15, 0.2) is 5.78 Å². The van der Waals surface area contributed by atoms with Gasteiger partial charge in [-0.15, -0.1) is 0 Å². The molecule has 4 aromatic rings. The van der Waals surface area contributed by atoms with Gasteiger partial charge < -0.3 is 0 Å². The maximum Gasteiger partial charge on any atom is 0.282 e. The highest BCUT2D eigenvalue weighted by Crippen LogP contribution is 2.61. The largest absolute Gasteiger partial charge is 0.292 e. The van der Waals surface area contributed by atoms with Gasteiger partial charge in [-0.1, -0.05) is 60.7 Å². The standard InChI is InChI=1S/C33H22N4O8/c38-26(18-13-15-19(16-14-18)36(42)43)17-34(31(39)24-11-5-6-12-25(24)37(44)45)35-32(40)29-27-20-7-1-2-8-21(20)28(30(29)33(35)41)23-10-4-3-9-22(23)27/h1-16,27-30H,17H2/t27?,28?,29-,30+. The number of hydrogen-bond donors (Lipinski definition) is 0. The summed E-state index contributed by atoms with van der Waals surface area (Å²) in [7, 11) is 0. The molecule has 1 heterocycles. The van der Waals surface area contributed by atoms with Crippen molar-refractivity contribution in [3.05, 3.63) is 151 Å². The van der Waals surface area contributed by atoms with Crippen molar-refractivity contribution in [2.45, 2.75) is 11.8 Å². The first-order valence-electron chi connectivity index (χ1n) is 14.1. The first kappa shape index (κ1) is 27.8. The van der Waals surface area contributed by atoms with E-state index in [0.29, 0.717) is 10.0 Å². The average molecular weight is 603 g/mol. The number of carbonyl (C=O) groups excluding carboxylic acids is 4. The van der Waals surface area contributed by atoms with Crippen LogP contribution in [0.25, 0.3) is 0 Å². The molecule has 45 heavy (non-hydrogen) atoms. The van der Waals surface area contributed by atoms with Crippen LogP contribution in [-0.4, -0.2) is 49.9 Å². The fourth-order valence-electron chi connectivity index (χ4n) is 7.08. The van der Waals surface area contributed by atoms with E-state index >= 15 is 0 Å². The third kappa shape index (κ3) is 4.13. The zero-order chi connectivity index (χ0) is 31.6. The van der Waals surface area contributed by atoms with Crippen molar-refractivity contribution in [1.82, 2.24) is 10.0 Å². The maximum absolute atomic E-state index is 14.4. The van der Waals surface area contributed by atoms with Gasteiger partial charge in [0.1, 0.15) is 12.1 Å². The van der Waals surface area contributed by atoms with Crippen molar-refractivity contribution in [2.75, 3.05) is 6.54 Å². The molecule has 0 spiro atoms. The molecule has 4 aromatic carbocycles. The lowest BCUT2D eigenvalue weighted by Gasteiger charge is -2.45. The lowest BCUT2D eigenvalue weighted by atomic mass is 9.55. The minimum Gasteiger partial charge on any atom is -0.292 e. The number of nitro benzene ring substituents is 2. The van der Waals surface area contributed by atoms with Crippen LogP contribution in [0.2, 0.25) is 0 Å². The molecule has 3 amide bonds. The quantitative estimate of drug-likeness (QED) is 0.128. The van der Waals surface area contributed by atoms with Crippen LogP contribution in [0.15, 0.2) is 97.1 Å². The number of hydrogen-bond acceptors (Lipinski definition) is 8. The molecule has 0 radical (unpaired) electrons. The highest BCUT2D eigenvalue weighted by molar-refractivity contribution is 6.11. The predicted molar refractivity (Wildman–Crippen MR) is 157 cm³/mol. The molecular weight excluding hydrogens is 580 g/mol. The molecule has 0 N–H and O–H groups in total. The molecule has 2 atom stereocenters. The lowest BCUT2D eigenvalue weighted by Crippen LogP contribution is -2.52. The monoisotopic (exact) mass is 602 g/mol. The van der Waals surface area contributed by atoms with Crippen LogP contribution >= 0.6 is 0 Å². The van der Waals surface area contributed by atoms with E-state index in [0.717, 1.165) is 40.5 Å². The van der Waals surface area contributed by atoms with E-state index in [1.807, 2.05) is 48.5 Å². The summed E-state index contributed by atoms with van der Waals surface area (Å²) >= 11 is 0. The number of imide groups is 1. The molecule has 3 aliphatic carbocycles. The van der Waals surface area contributed by atoms with Crippen LogP contribution in [0.3, 0.4) is 0 Å². The number of non-ortho nitro benzene ring substituents is 1. The van der Waals surface area contributed by atoms with Crippen molar-refractivity contribution in [3.8, 4) is 0 Å². The number of nitrogens with zero attached hydrogens (tertiary/aromatic N) is 4. The van der Waals surface area contributed by atoms with Crippen LogP contribution in [-0.2, 0) is 9.59 Å². The zero-order valence-corrected chi connectivity index (χ0v) is 23.3. The smallest absolute Gasteiger partial charge is 0.282 e. The Morgan fingerprint density at radius 1 is 0.667 bits per heavy atom. The third-order valence-corrected chi connectivity index (χ3v) is 8.93. The molecule has 1 saturated heterocycles. The van der Waals surface area contributed by atoms with Crippen molar-refractivity contribution in [3.63, 3.8) is 0 Å². The summed E-state index contributed by atoms with van der Waals surface area (Å²) in [6, 6.07) is 24.9. The van der Waals surface area contributed by atoms with Crippen LogP contribution in [0.5, 0.6) is 0 Å². The van der Waals surface area contributed by atoms with Crippen molar-refractivity contribution >= 4 is 34.9 Å². The SMILES string of the molecule is O=C(CN(C(=O)c1ccccc1[N+](=O)[O-])N1C(=O)[C@@H]2C3c4ccccc4C(c4ccccc43)[C@@H]2C1=O)c1ccc([N+](=O)[O-])cc1. The average Bonchev–Trinajstić information content (AvgIpc) is 3.32. The number of carbonyl (C=O) groups is 4. The number of hydrazine groups is 1. The van der Waals surface area contributed by atoms with E-state index in [1.165, 1.54) is 30.3 Å². The second-order valence-corrected chi connectivity index (χ2v) is 11.1. The number of Topliss-reactive ketones (excluding diaryl/α,β-unsaturated/α-hetero) is 1. The van der Waals surface area contributed by atoms with E-state index < -0.39 is 74.8 Å². The van der Waals surface area contributed by atoms with E-state index in [-0.39, 0.29) is 11.3 Å². The number of nitro groups is 2. The minimum absolute atomic E-state index is 0.0163. The van der Waals surface area contributed by atoms with Gasteiger partial charge in [-0.25, -0.2) is 5.01 Å². The Morgan fingerprint density at radius 2 is 1.13 bits per heavy atom. The van der Waals surface area contributed by atoms with E-state index in [2.05, 4.69) is 0 Å². The molecule has 4 aliphatic rings. The third-order valence-electron chi connectivity index (χ3n) is 8.93. The summed E-state index contributed by atoms with van der Waals surface area (Å²) in [5.41, 5.74) is 2.37. The predicted octanol–water partition coefficient (Wildman–Crippen LogP) is 4.64. The van der Waals surface area contributed by atoms with Crippen LogP contribution in [0.4, 0.5) is 11.4 Å². The van der Waals surface area contributed by atoms with Crippen molar-refractivity contribution in [2.24, 2.45) is 11.8 Å². The van der Waals surface area contributed by atoms with Gasteiger partial charge in [0.05, 0.1) is 21.7 Å². The Kier molecular flexibility index (Phi) is 6.36. The van der Waals surface area contributed by atoms with Gasteiger partial charge in [-0.3, -0.25) is 39.4 Å². The van der Waals surface area contributed by atoms with Crippen molar-refractivity contribution < 1.29 is 29.0 Å². The molecular formula is C33H22N4O8. The highest BCUT2D eigenvalue weighted by atomic mass is 16.6. The topological polar surface area (TPSA) is 161 Å². The molecule has 12 heteroatoms. The molecule has 0 saturated carbocycles. The van der Waals surface area contributed by atoms with Gasteiger partial charge in [0, 0.05) is 35.6 Å². The number of benzene rings is 4. The molecule has 12 nitrogen and oxygen atoms in total. The molecule has 0 aromatic heterocycles. The number of para-hydroxylation sites is 1. The van der Waals surface area contributed by atoms with Gasteiger partial charge in [0.25, 0.3) is 29.1 Å². The number of rotatable bonds is 7. The Morgan fingerprint density at radius 3 is 1.60 bits per heavy atom. The number of amides is 3. The first-order chi connectivity index (χ1) is 21.7. The first-order valence-corrected chi connectivity index (χ1v) is 14.1. The van der Waals surface area contributed by atoms with E-state index in [1.54, 1.807) is 0 Å². The van der Waals surface area contributed by atoms with E-state index in [4.69, 9.17) is 0 Å². The van der Waals surface area contributed by atoms with Crippen LogP contribution in [0, 0.1) is 32.1 Å². The lowest BCUT2D eigenvalue weighted by molar-refractivity contribution is -0.385. The molecule has 222 valence electrons. The van der Waals surface area contributed by atoms with Crippen molar-refractivity contribution in [1.29, 1.82) is 0 Å².